The summed E-state index contributed by atoms with van der Waals surface area (Å²) in [4.78, 5) is 26.3. The number of rotatable bonds is 11. The summed E-state index contributed by atoms with van der Waals surface area (Å²) in [5, 5.41) is 12.1. The minimum Gasteiger partial charge on any atom is -0.481 e. The molecule has 0 saturated carbocycles. The van der Waals surface area contributed by atoms with Gasteiger partial charge in [-0.25, -0.2) is 4.39 Å². The molecule has 174 valence electrons. The van der Waals surface area contributed by atoms with Crippen LogP contribution >= 0.6 is 0 Å². The molecule has 6 heteroatoms. The fourth-order valence-corrected chi connectivity index (χ4v) is 3.78. The normalized spacial score (nSPS) is 12.1. The molecule has 0 heterocycles. The third-order valence-electron chi connectivity index (χ3n) is 5.17. The van der Waals surface area contributed by atoms with E-state index >= 15 is 0 Å². The average Bonchev–Trinajstić information content (AvgIpc) is 2.68. The Morgan fingerprint density at radius 1 is 1.00 bits per heavy atom. The van der Waals surface area contributed by atoms with E-state index in [0.29, 0.717) is 23.1 Å². The average molecular weight is 443 g/mol. The Hall–Kier alpha value is -2.89. The van der Waals surface area contributed by atoms with Gasteiger partial charge in [-0.15, -0.1) is 0 Å². The Morgan fingerprint density at radius 3 is 2.19 bits per heavy atom. The highest BCUT2D eigenvalue weighted by Crippen LogP contribution is 2.32. The number of aliphatic carboxylic acids is 1. The second-order valence-corrected chi connectivity index (χ2v) is 9.28. The lowest BCUT2D eigenvalue weighted by Crippen LogP contribution is -2.32. The van der Waals surface area contributed by atoms with E-state index in [1.165, 1.54) is 6.07 Å². The van der Waals surface area contributed by atoms with Crippen LogP contribution in [0, 0.1) is 17.7 Å². The standard InChI is InChI=1S/C26H35FN2O3/c1-17(2)15-29(16-18(3)4)24-11-10-20(19(5)12-26(31)32)13-23(24)28-25(30)14-21-8-6-7-9-22(21)27/h6-11,13,17-19H,12,14-16H2,1-5H3,(H,28,30)(H,31,32). The van der Waals surface area contributed by atoms with Crippen LogP contribution in [0.1, 0.15) is 58.1 Å². The predicted molar refractivity (Wildman–Crippen MR) is 128 cm³/mol. The summed E-state index contributed by atoms with van der Waals surface area (Å²) >= 11 is 0. The van der Waals surface area contributed by atoms with Gasteiger partial charge in [0.25, 0.3) is 0 Å². The van der Waals surface area contributed by atoms with E-state index in [2.05, 4.69) is 37.9 Å². The lowest BCUT2D eigenvalue weighted by Gasteiger charge is -2.31. The van der Waals surface area contributed by atoms with Gasteiger partial charge in [0.2, 0.25) is 5.91 Å². The minimum atomic E-state index is -0.868. The number of amides is 1. The molecule has 2 aromatic carbocycles. The number of halogens is 1. The number of nitrogens with zero attached hydrogens (tertiary/aromatic N) is 1. The molecule has 1 amide bonds. The summed E-state index contributed by atoms with van der Waals surface area (Å²) in [7, 11) is 0. The van der Waals surface area contributed by atoms with Gasteiger partial charge >= 0.3 is 5.97 Å². The number of carbonyl (C=O) groups excluding carboxylic acids is 1. The fourth-order valence-electron chi connectivity index (χ4n) is 3.78. The maximum Gasteiger partial charge on any atom is 0.303 e. The van der Waals surface area contributed by atoms with Crippen LogP contribution in [-0.4, -0.2) is 30.1 Å². The van der Waals surface area contributed by atoms with Gasteiger partial charge in [-0.05, 0) is 47.1 Å². The summed E-state index contributed by atoms with van der Waals surface area (Å²) in [6.07, 6.45) is -0.0704. The van der Waals surface area contributed by atoms with Crippen LogP contribution in [0.5, 0.6) is 0 Å². The molecule has 1 atom stereocenters. The molecule has 0 aliphatic carbocycles. The second kappa shape index (κ2) is 11.7. The lowest BCUT2D eigenvalue weighted by molar-refractivity contribution is -0.137. The predicted octanol–water partition coefficient (Wildman–Crippen LogP) is 5.70. The van der Waals surface area contributed by atoms with Crippen LogP contribution in [0.4, 0.5) is 15.8 Å². The topological polar surface area (TPSA) is 69.6 Å². The van der Waals surface area contributed by atoms with Crippen LogP contribution in [0.3, 0.4) is 0 Å². The Morgan fingerprint density at radius 2 is 1.62 bits per heavy atom. The molecule has 2 rings (SSSR count). The monoisotopic (exact) mass is 442 g/mol. The Bertz CT molecular complexity index is 917. The van der Waals surface area contributed by atoms with E-state index in [1.54, 1.807) is 18.2 Å². The van der Waals surface area contributed by atoms with Crippen molar-refractivity contribution in [1.29, 1.82) is 0 Å². The highest BCUT2D eigenvalue weighted by atomic mass is 19.1. The SMILES string of the molecule is CC(C)CN(CC(C)C)c1ccc(C(C)CC(=O)O)cc1NC(=O)Cc1ccccc1F. The molecule has 5 nitrogen and oxygen atoms in total. The molecule has 2 aromatic rings. The van der Waals surface area contributed by atoms with E-state index in [9.17, 15) is 19.1 Å². The number of carboxylic acids is 1. The van der Waals surface area contributed by atoms with Gasteiger partial charge in [0, 0.05) is 13.1 Å². The van der Waals surface area contributed by atoms with Crippen LogP contribution in [0.2, 0.25) is 0 Å². The summed E-state index contributed by atoms with van der Waals surface area (Å²) in [6, 6.07) is 12.0. The van der Waals surface area contributed by atoms with E-state index in [0.717, 1.165) is 24.3 Å². The van der Waals surface area contributed by atoms with Crippen molar-refractivity contribution >= 4 is 23.3 Å². The number of carbonyl (C=O) groups is 2. The lowest BCUT2D eigenvalue weighted by atomic mass is 9.96. The Balaban J connectivity index is 2.40. The summed E-state index contributed by atoms with van der Waals surface area (Å²) in [5.41, 5.74) is 2.69. The van der Waals surface area contributed by atoms with E-state index in [1.807, 2.05) is 25.1 Å². The summed E-state index contributed by atoms with van der Waals surface area (Å²) in [5.74, 6) is -0.954. The molecule has 2 N–H and O–H groups in total. The van der Waals surface area contributed by atoms with Crippen molar-refractivity contribution in [3.63, 3.8) is 0 Å². The Kier molecular flexibility index (Phi) is 9.24. The molecule has 0 aliphatic heterocycles. The number of anilines is 2. The number of benzene rings is 2. The van der Waals surface area contributed by atoms with Crippen LogP contribution in [0.25, 0.3) is 0 Å². The third kappa shape index (κ3) is 7.66. The fraction of sp³-hybridized carbons (Fsp3) is 0.462. The zero-order valence-corrected chi connectivity index (χ0v) is 19.7. The first-order valence-corrected chi connectivity index (χ1v) is 11.2. The number of carboxylic acid groups (broad SMARTS) is 1. The van der Waals surface area contributed by atoms with Crippen LogP contribution in [0.15, 0.2) is 42.5 Å². The molecule has 0 aromatic heterocycles. The van der Waals surface area contributed by atoms with Gasteiger partial charge in [0.15, 0.2) is 0 Å². The minimum absolute atomic E-state index is 0.00363. The van der Waals surface area contributed by atoms with Gasteiger partial charge in [0.05, 0.1) is 24.2 Å². The van der Waals surface area contributed by atoms with Crippen molar-refractivity contribution in [1.82, 2.24) is 0 Å². The molecule has 0 spiro atoms. The van der Waals surface area contributed by atoms with E-state index in [-0.39, 0.29) is 24.7 Å². The van der Waals surface area contributed by atoms with Gasteiger partial charge in [0.1, 0.15) is 5.82 Å². The van der Waals surface area contributed by atoms with Gasteiger partial charge in [-0.3, -0.25) is 9.59 Å². The van der Waals surface area contributed by atoms with Crippen molar-refractivity contribution in [3.8, 4) is 0 Å². The first-order chi connectivity index (χ1) is 15.1. The van der Waals surface area contributed by atoms with Crippen molar-refractivity contribution in [2.45, 2.75) is 53.4 Å². The van der Waals surface area contributed by atoms with Crippen LogP contribution in [-0.2, 0) is 16.0 Å². The van der Waals surface area contributed by atoms with Crippen molar-refractivity contribution < 1.29 is 19.1 Å². The first kappa shape index (κ1) is 25.4. The number of hydrogen-bond donors (Lipinski definition) is 2. The van der Waals surface area contributed by atoms with Gasteiger partial charge in [-0.1, -0.05) is 58.9 Å². The van der Waals surface area contributed by atoms with Crippen molar-refractivity contribution in [3.05, 3.63) is 59.4 Å². The smallest absolute Gasteiger partial charge is 0.303 e. The largest absolute Gasteiger partial charge is 0.481 e. The molecule has 1 unspecified atom stereocenters. The molecular formula is C26H35FN2O3. The zero-order chi connectivity index (χ0) is 23.8. The maximum atomic E-state index is 14.0. The molecule has 0 aliphatic rings. The van der Waals surface area contributed by atoms with E-state index in [4.69, 9.17) is 0 Å². The van der Waals surface area contributed by atoms with E-state index < -0.39 is 11.8 Å². The zero-order valence-electron chi connectivity index (χ0n) is 19.7. The highest BCUT2D eigenvalue weighted by molar-refractivity contribution is 5.96. The first-order valence-electron chi connectivity index (χ1n) is 11.2. The van der Waals surface area contributed by atoms with Crippen molar-refractivity contribution in [2.24, 2.45) is 11.8 Å². The number of hydrogen-bond acceptors (Lipinski definition) is 3. The molecule has 0 saturated heterocycles. The van der Waals surface area contributed by atoms with Crippen LogP contribution < -0.4 is 10.2 Å². The van der Waals surface area contributed by atoms with Gasteiger partial charge in [-0.2, -0.15) is 0 Å². The quantitative estimate of drug-likeness (QED) is 0.468. The Labute approximate surface area is 190 Å². The third-order valence-corrected chi connectivity index (χ3v) is 5.17. The molecule has 0 radical (unpaired) electrons. The molecular weight excluding hydrogens is 407 g/mol. The molecule has 32 heavy (non-hydrogen) atoms. The highest BCUT2D eigenvalue weighted by Gasteiger charge is 2.19. The molecule has 0 fully saturated rings. The number of nitrogens with one attached hydrogen (secondary N) is 1. The summed E-state index contributed by atoms with van der Waals surface area (Å²) in [6.45, 7) is 12.1. The maximum absolute atomic E-state index is 14.0. The second-order valence-electron chi connectivity index (χ2n) is 9.28. The molecule has 0 bridgehead atoms. The van der Waals surface area contributed by atoms with Crippen molar-refractivity contribution in [2.75, 3.05) is 23.3 Å². The summed E-state index contributed by atoms with van der Waals surface area (Å²) < 4.78 is 14.0. The van der Waals surface area contributed by atoms with Gasteiger partial charge < -0.3 is 15.3 Å².